The number of sulfonamides is 1. The van der Waals surface area contributed by atoms with Crippen LogP contribution in [-0.4, -0.2) is 34.2 Å². The molecular formula is C16H16BrFN2O4S. The van der Waals surface area contributed by atoms with Crippen molar-refractivity contribution in [3.63, 3.8) is 0 Å². The summed E-state index contributed by atoms with van der Waals surface area (Å²) in [4.78, 5) is 12.2. The fourth-order valence-electron chi connectivity index (χ4n) is 2.06. The summed E-state index contributed by atoms with van der Waals surface area (Å²) in [6.07, 6.45) is 0.991. The minimum Gasteiger partial charge on any atom is -0.497 e. The summed E-state index contributed by atoms with van der Waals surface area (Å²) in [5.74, 6) is -0.737. The Hall–Kier alpha value is -2.13. The lowest BCUT2D eigenvalue weighted by atomic mass is 10.3. The van der Waals surface area contributed by atoms with Gasteiger partial charge in [-0.05, 0) is 42.5 Å². The van der Waals surface area contributed by atoms with Gasteiger partial charge in [0.2, 0.25) is 15.9 Å². The van der Waals surface area contributed by atoms with Gasteiger partial charge < -0.3 is 10.1 Å². The van der Waals surface area contributed by atoms with Gasteiger partial charge in [0.1, 0.15) is 18.1 Å². The molecule has 0 fully saturated rings. The molecule has 9 heteroatoms. The first-order valence-electron chi connectivity index (χ1n) is 7.07. The number of nitrogens with zero attached hydrogens (tertiary/aromatic N) is 1. The maximum absolute atomic E-state index is 13.8. The van der Waals surface area contributed by atoms with Crippen LogP contribution < -0.4 is 14.4 Å². The van der Waals surface area contributed by atoms with E-state index in [9.17, 15) is 17.6 Å². The summed E-state index contributed by atoms with van der Waals surface area (Å²) in [6.45, 7) is -0.485. The number of amides is 1. The molecule has 2 aromatic carbocycles. The van der Waals surface area contributed by atoms with Crippen molar-refractivity contribution < 1.29 is 22.3 Å². The van der Waals surface area contributed by atoms with Crippen LogP contribution in [0.3, 0.4) is 0 Å². The number of nitrogens with one attached hydrogen (secondary N) is 1. The molecule has 0 aliphatic heterocycles. The summed E-state index contributed by atoms with van der Waals surface area (Å²) < 4.78 is 44.3. The Morgan fingerprint density at radius 1 is 1.24 bits per heavy atom. The normalized spacial score (nSPS) is 11.0. The zero-order valence-corrected chi connectivity index (χ0v) is 15.9. The number of hydrogen-bond acceptors (Lipinski definition) is 4. The lowest BCUT2D eigenvalue weighted by molar-refractivity contribution is -0.114. The van der Waals surface area contributed by atoms with Crippen LogP contribution in [0.25, 0.3) is 0 Å². The minimum atomic E-state index is -3.71. The first kappa shape index (κ1) is 19.2. The number of hydrogen-bond donors (Lipinski definition) is 1. The van der Waals surface area contributed by atoms with Crippen molar-refractivity contribution in [2.75, 3.05) is 29.5 Å². The van der Waals surface area contributed by atoms with Crippen LogP contribution in [0.5, 0.6) is 5.75 Å². The predicted molar refractivity (Wildman–Crippen MR) is 97.9 cm³/mol. The molecule has 1 N–H and O–H groups in total. The quantitative estimate of drug-likeness (QED) is 0.763. The average molecular weight is 431 g/mol. The second-order valence-corrected chi connectivity index (χ2v) is 7.96. The van der Waals surface area contributed by atoms with Crippen LogP contribution in [0.1, 0.15) is 0 Å². The van der Waals surface area contributed by atoms with E-state index in [-0.39, 0.29) is 5.69 Å². The van der Waals surface area contributed by atoms with E-state index < -0.39 is 28.3 Å². The highest BCUT2D eigenvalue weighted by Gasteiger charge is 2.21. The lowest BCUT2D eigenvalue weighted by Gasteiger charge is -2.22. The number of carbonyl (C=O) groups is 1. The van der Waals surface area contributed by atoms with E-state index >= 15 is 0 Å². The number of rotatable bonds is 6. The third-order valence-electron chi connectivity index (χ3n) is 3.25. The van der Waals surface area contributed by atoms with Gasteiger partial charge in [-0.1, -0.05) is 15.9 Å². The van der Waals surface area contributed by atoms with E-state index in [4.69, 9.17) is 4.74 Å². The minimum absolute atomic E-state index is 0.0311. The smallest absolute Gasteiger partial charge is 0.245 e. The van der Waals surface area contributed by atoms with Crippen molar-refractivity contribution >= 4 is 43.2 Å². The molecule has 2 rings (SSSR count). The van der Waals surface area contributed by atoms with E-state index in [2.05, 4.69) is 21.2 Å². The zero-order valence-electron chi connectivity index (χ0n) is 13.5. The van der Waals surface area contributed by atoms with Crippen LogP contribution in [-0.2, 0) is 14.8 Å². The molecule has 0 saturated heterocycles. The third-order valence-corrected chi connectivity index (χ3v) is 4.89. The van der Waals surface area contributed by atoms with Gasteiger partial charge in [0, 0.05) is 4.47 Å². The Kier molecular flexibility index (Phi) is 6.02. The van der Waals surface area contributed by atoms with Gasteiger partial charge in [-0.25, -0.2) is 12.8 Å². The van der Waals surface area contributed by atoms with E-state index in [0.29, 0.717) is 15.9 Å². The number of carbonyl (C=O) groups excluding carboxylic acids is 1. The van der Waals surface area contributed by atoms with Gasteiger partial charge in [0.15, 0.2) is 0 Å². The van der Waals surface area contributed by atoms with Crippen molar-refractivity contribution in [3.8, 4) is 5.75 Å². The Morgan fingerprint density at radius 3 is 2.40 bits per heavy atom. The van der Waals surface area contributed by atoms with Gasteiger partial charge in [0.05, 0.1) is 24.7 Å². The highest BCUT2D eigenvalue weighted by Crippen LogP contribution is 2.22. The molecule has 2 aromatic rings. The maximum atomic E-state index is 13.8. The standard InChI is InChI=1S/C16H16BrFN2O4S/c1-24-13-6-4-12(5-7-13)20(25(2,22)23)10-16(21)19-15-8-3-11(17)9-14(15)18/h3-9H,10H2,1-2H3,(H,19,21). The van der Waals surface area contributed by atoms with E-state index in [1.54, 1.807) is 18.2 Å². The first-order valence-corrected chi connectivity index (χ1v) is 9.71. The SMILES string of the molecule is COc1ccc(N(CC(=O)Nc2ccc(Br)cc2F)S(C)(=O)=O)cc1. The second kappa shape index (κ2) is 7.83. The molecule has 0 bridgehead atoms. The fourth-order valence-corrected chi connectivity index (χ4v) is 3.25. The van der Waals surface area contributed by atoms with Gasteiger partial charge in [-0.3, -0.25) is 9.10 Å². The summed E-state index contributed by atoms with van der Waals surface area (Å²) in [7, 11) is -2.22. The molecule has 0 heterocycles. The van der Waals surface area contributed by atoms with Crippen molar-refractivity contribution in [2.45, 2.75) is 0 Å². The third kappa shape index (κ3) is 5.17. The number of halogens is 2. The Balaban J connectivity index is 2.20. The molecule has 6 nitrogen and oxygen atoms in total. The van der Waals surface area contributed by atoms with Crippen LogP contribution in [0.4, 0.5) is 15.8 Å². The molecule has 1 amide bonds. The van der Waals surface area contributed by atoms with Gasteiger partial charge in [0.25, 0.3) is 0 Å². The van der Waals surface area contributed by atoms with Crippen LogP contribution in [0.15, 0.2) is 46.9 Å². The second-order valence-electron chi connectivity index (χ2n) is 5.14. The van der Waals surface area contributed by atoms with Crippen molar-refractivity contribution in [1.82, 2.24) is 0 Å². The topological polar surface area (TPSA) is 75.7 Å². The van der Waals surface area contributed by atoms with Crippen LogP contribution in [0.2, 0.25) is 0 Å². The molecule has 0 unspecified atom stereocenters. The number of methoxy groups -OCH3 is 1. The number of anilines is 2. The fraction of sp³-hybridized carbons (Fsp3) is 0.188. The van der Waals surface area contributed by atoms with E-state index in [1.165, 1.54) is 31.4 Å². The summed E-state index contributed by atoms with van der Waals surface area (Å²) in [5, 5.41) is 2.37. The van der Waals surface area contributed by atoms with E-state index in [1.807, 2.05) is 0 Å². The molecule has 0 saturated carbocycles. The maximum Gasteiger partial charge on any atom is 0.245 e. The highest BCUT2D eigenvalue weighted by molar-refractivity contribution is 9.10. The van der Waals surface area contributed by atoms with Crippen molar-refractivity contribution in [1.29, 1.82) is 0 Å². The van der Waals surface area contributed by atoms with Crippen LogP contribution >= 0.6 is 15.9 Å². The largest absolute Gasteiger partial charge is 0.497 e. The van der Waals surface area contributed by atoms with E-state index in [0.717, 1.165) is 10.6 Å². The molecule has 0 aromatic heterocycles. The number of benzene rings is 2. The number of ether oxygens (including phenoxy) is 1. The Labute approximate surface area is 153 Å². The van der Waals surface area contributed by atoms with Gasteiger partial charge in [-0.2, -0.15) is 0 Å². The molecule has 0 spiro atoms. The Bertz CT molecular complexity index is 872. The Morgan fingerprint density at radius 2 is 1.88 bits per heavy atom. The predicted octanol–water partition coefficient (Wildman–Crippen LogP) is 3.00. The molecule has 0 aliphatic carbocycles. The average Bonchev–Trinajstić information content (AvgIpc) is 2.54. The summed E-state index contributed by atoms with van der Waals surface area (Å²) >= 11 is 3.12. The first-order chi connectivity index (χ1) is 11.7. The summed E-state index contributed by atoms with van der Waals surface area (Å²) in [6, 6.07) is 10.4. The molecule has 134 valence electrons. The highest BCUT2D eigenvalue weighted by atomic mass is 79.9. The molecule has 0 aliphatic rings. The van der Waals surface area contributed by atoms with Crippen LogP contribution in [0, 0.1) is 5.82 Å². The van der Waals surface area contributed by atoms with Crippen molar-refractivity contribution in [2.24, 2.45) is 0 Å². The molecule has 0 radical (unpaired) electrons. The van der Waals surface area contributed by atoms with Crippen molar-refractivity contribution in [3.05, 3.63) is 52.8 Å². The van der Waals surface area contributed by atoms with Gasteiger partial charge in [-0.15, -0.1) is 0 Å². The lowest BCUT2D eigenvalue weighted by Crippen LogP contribution is -2.37. The van der Waals surface area contributed by atoms with Gasteiger partial charge >= 0.3 is 0 Å². The monoisotopic (exact) mass is 430 g/mol. The summed E-state index contributed by atoms with van der Waals surface area (Å²) in [5.41, 5.74) is 0.270. The molecular weight excluding hydrogens is 415 g/mol. The zero-order chi connectivity index (χ0) is 18.6. The molecule has 0 atom stereocenters. The molecule has 25 heavy (non-hydrogen) atoms.